The zero-order valence-corrected chi connectivity index (χ0v) is 13.0. The van der Waals surface area contributed by atoms with E-state index in [1.54, 1.807) is 14.0 Å². The van der Waals surface area contributed by atoms with Crippen molar-refractivity contribution < 1.29 is 23.4 Å². The Morgan fingerprint density at radius 1 is 1.48 bits per heavy atom. The topological polar surface area (TPSA) is 81.2 Å². The third kappa shape index (κ3) is 4.73. The molecule has 2 atom stereocenters. The molecule has 0 saturated heterocycles. The largest absolute Gasteiger partial charge is 0.496 e. The van der Waals surface area contributed by atoms with Gasteiger partial charge in [0.15, 0.2) is 6.17 Å². The Morgan fingerprint density at radius 3 is 3.00 bits per heavy atom. The number of hydrogen-bond donors (Lipinski definition) is 2. The Morgan fingerprint density at radius 2 is 2.26 bits per heavy atom. The molecule has 1 amide bonds. The second kappa shape index (κ2) is 8.21. The van der Waals surface area contributed by atoms with Crippen LogP contribution >= 0.6 is 0 Å². The van der Waals surface area contributed by atoms with Gasteiger partial charge in [0.1, 0.15) is 18.5 Å². The van der Waals surface area contributed by atoms with E-state index >= 15 is 0 Å². The number of aliphatic imine (C=N–C) groups is 1. The summed E-state index contributed by atoms with van der Waals surface area (Å²) in [5.74, 6) is 0.688. The number of benzene rings is 1. The van der Waals surface area contributed by atoms with Crippen LogP contribution in [0.3, 0.4) is 0 Å². The third-order valence-corrected chi connectivity index (χ3v) is 3.16. The lowest BCUT2D eigenvalue weighted by Crippen LogP contribution is -2.57. The van der Waals surface area contributed by atoms with Crippen LogP contribution in [0.15, 0.2) is 29.3 Å². The molecule has 126 valence electrons. The molecule has 8 heteroatoms. The van der Waals surface area contributed by atoms with Crippen LogP contribution in [0.5, 0.6) is 5.75 Å². The van der Waals surface area contributed by atoms with Crippen molar-refractivity contribution in [2.24, 2.45) is 4.99 Å². The number of nitrogens with zero attached hydrogens (tertiary/aromatic N) is 1. The number of amides is 1. The molecular weight excluding hydrogens is 305 g/mol. The van der Waals surface area contributed by atoms with Crippen LogP contribution in [-0.4, -0.2) is 44.7 Å². The van der Waals surface area contributed by atoms with E-state index in [1.807, 2.05) is 24.3 Å². The molecule has 7 nitrogen and oxygen atoms in total. The minimum Gasteiger partial charge on any atom is -0.496 e. The van der Waals surface area contributed by atoms with Crippen molar-refractivity contribution in [2.45, 2.75) is 25.9 Å². The van der Waals surface area contributed by atoms with Crippen molar-refractivity contribution in [1.29, 1.82) is 0 Å². The summed E-state index contributed by atoms with van der Waals surface area (Å²) in [6, 6.07) is 7.55. The highest BCUT2D eigenvalue weighted by Gasteiger charge is 2.29. The van der Waals surface area contributed by atoms with Crippen LogP contribution in [0.25, 0.3) is 0 Å². The van der Waals surface area contributed by atoms with E-state index < -0.39 is 18.4 Å². The Bertz CT molecular complexity index is 567. The molecule has 0 aliphatic carbocycles. The Balaban J connectivity index is 1.92. The van der Waals surface area contributed by atoms with Crippen LogP contribution in [0.4, 0.5) is 9.18 Å². The van der Waals surface area contributed by atoms with Gasteiger partial charge in [0, 0.05) is 5.56 Å². The lowest BCUT2D eigenvalue weighted by Gasteiger charge is -2.27. The van der Waals surface area contributed by atoms with Gasteiger partial charge in [0.05, 0.1) is 20.3 Å². The van der Waals surface area contributed by atoms with Crippen LogP contribution in [-0.2, 0) is 16.1 Å². The predicted molar refractivity (Wildman–Crippen MR) is 82.1 cm³/mol. The minimum absolute atomic E-state index is 0.106. The standard InChI is InChI=1S/C15H20FN3O4/c1-3-22-15(20)19-13-11(16)8-17-14(18-13)23-9-10-6-4-5-7-12(10)21-2/h4-7,11,13H,3,8-9H2,1-2H3,(H,17,18)(H,19,20)/t11-,13-/m0/s1. The van der Waals surface area contributed by atoms with Crippen molar-refractivity contribution in [3.8, 4) is 5.75 Å². The van der Waals surface area contributed by atoms with Crippen LogP contribution in [0, 0.1) is 0 Å². The molecule has 0 unspecified atom stereocenters. The monoisotopic (exact) mass is 325 g/mol. The molecule has 1 aliphatic rings. The summed E-state index contributed by atoms with van der Waals surface area (Å²) in [4.78, 5) is 15.3. The number of ether oxygens (including phenoxy) is 3. The molecule has 2 N–H and O–H groups in total. The fraction of sp³-hybridized carbons (Fsp3) is 0.467. The number of para-hydroxylation sites is 1. The van der Waals surface area contributed by atoms with Crippen molar-refractivity contribution in [3.05, 3.63) is 29.8 Å². The highest BCUT2D eigenvalue weighted by molar-refractivity contribution is 5.76. The molecule has 1 aliphatic heterocycles. The smallest absolute Gasteiger partial charge is 0.408 e. The van der Waals surface area contributed by atoms with E-state index in [-0.39, 0.29) is 25.8 Å². The van der Waals surface area contributed by atoms with Crippen molar-refractivity contribution in [2.75, 3.05) is 20.3 Å². The van der Waals surface area contributed by atoms with Crippen molar-refractivity contribution in [1.82, 2.24) is 10.6 Å². The quantitative estimate of drug-likeness (QED) is 0.859. The van der Waals surface area contributed by atoms with Gasteiger partial charge in [-0.2, -0.15) is 0 Å². The number of amidine groups is 1. The average molecular weight is 325 g/mol. The summed E-state index contributed by atoms with van der Waals surface area (Å²) in [5.41, 5.74) is 0.830. The number of carbonyl (C=O) groups excluding carboxylic acids is 1. The van der Waals surface area contributed by atoms with E-state index in [4.69, 9.17) is 14.2 Å². The fourth-order valence-electron chi connectivity index (χ4n) is 2.03. The molecule has 0 fully saturated rings. The molecule has 1 heterocycles. The molecule has 0 bridgehead atoms. The lowest BCUT2D eigenvalue weighted by atomic mass is 10.2. The lowest BCUT2D eigenvalue weighted by molar-refractivity contribution is 0.132. The number of carbonyl (C=O) groups is 1. The summed E-state index contributed by atoms with van der Waals surface area (Å²) in [5, 5.41) is 5.09. The van der Waals surface area contributed by atoms with Gasteiger partial charge in [-0.3, -0.25) is 5.32 Å². The fourth-order valence-corrected chi connectivity index (χ4v) is 2.03. The maximum Gasteiger partial charge on any atom is 0.408 e. The summed E-state index contributed by atoms with van der Waals surface area (Å²) in [7, 11) is 1.57. The normalized spacial score (nSPS) is 20.0. The highest BCUT2D eigenvalue weighted by Crippen LogP contribution is 2.18. The maximum atomic E-state index is 13.8. The second-order valence-corrected chi connectivity index (χ2v) is 4.75. The van der Waals surface area contributed by atoms with Crippen LogP contribution < -0.4 is 15.4 Å². The zero-order chi connectivity index (χ0) is 16.7. The van der Waals surface area contributed by atoms with Crippen LogP contribution in [0.1, 0.15) is 12.5 Å². The first-order chi connectivity index (χ1) is 11.1. The van der Waals surface area contributed by atoms with E-state index in [2.05, 4.69) is 15.6 Å². The minimum atomic E-state index is -1.36. The van der Waals surface area contributed by atoms with Crippen molar-refractivity contribution in [3.63, 3.8) is 0 Å². The van der Waals surface area contributed by atoms with Crippen molar-refractivity contribution >= 4 is 12.1 Å². The summed E-state index contributed by atoms with van der Waals surface area (Å²) >= 11 is 0. The zero-order valence-electron chi connectivity index (χ0n) is 13.0. The maximum absolute atomic E-state index is 13.8. The summed E-state index contributed by atoms with van der Waals surface area (Å²) in [6.45, 7) is 1.98. The first kappa shape index (κ1) is 16.9. The van der Waals surface area contributed by atoms with E-state index in [0.717, 1.165) is 5.56 Å². The molecule has 0 saturated carbocycles. The first-order valence-electron chi connectivity index (χ1n) is 7.27. The third-order valence-electron chi connectivity index (χ3n) is 3.16. The van der Waals surface area contributed by atoms with Gasteiger partial charge in [0.25, 0.3) is 6.02 Å². The predicted octanol–water partition coefficient (Wildman–Crippen LogP) is 1.58. The Kier molecular flexibility index (Phi) is 6.02. The molecule has 0 spiro atoms. The van der Waals surface area contributed by atoms with E-state index in [0.29, 0.717) is 5.75 Å². The molecule has 1 aromatic rings. The molecule has 1 aromatic carbocycles. The molecular formula is C15H20FN3O4. The molecule has 0 aromatic heterocycles. The summed E-state index contributed by atoms with van der Waals surface area (Å²) in [6.07, 6.45) is -3.00. The highest BCUT2D eigenvalue weighted by atomic mass is 19.1. The van der Waals surface area contributed by atoms with Gasteiger partial charge >= 0.3 is 6.09 Å². The SMILES string of the molecule is CCOC(=O)N[C@@H]1NC(OCc2ccccc2OC)=NC[C@@H]1F. The average Bonchev–Trinajstić information content (AvgIpc) is 2.56. The molecule has 23 heavy (non-hydrogen) atoms. The number of halogens is 1. The second-order valence-electron chi connectivity index (χ2n) is 4.75. The molecule has 0 radical (unpaired) electrons. The van der Waals surface area contributed by atoms with Gasteiger partial charge in [-0.1, -0.05) is 18.2 Å². The van der Waals surface area contributed by atoms with Gasteiger partial charge in [-0.25, -0.2) is 14.2 Å². The van der Waals surface area contributed by atoms with Gasteiger partial charge in [0.2, 0.25) is 0 Å². The summed E-state index contributed by atoms with van der Waals surface area (Å²) < 4.78 is 29.3. The van der Waals surface area contributed by atoms with Crippen LogP contribution in [0.2, 0.25) is 0 Å². The van der Waals surface area contributed by atoms with E-state index in [1.165, 1.54) is 0 Å². The Labute approximate surface area is 133 Å². The van der Waals surface area contributed by atoms with Gasteiger partial charge in [-0.05, 0) is 13.0 Å². The number of hydrogen-bond acceptors (Lipinski definition) is 6. The van der Waals surface area contributed by atoms with E-state index in [9.17, 15) is 9.18 Å². The number of rotatable bonds is 5. The number of alkyl halides is 1. The molecule has 2 rings (SSSR count). The van der Waals surface area contributed by atoms with Gasteiger partial charge < -0.3 is 19.5 Å². The van der Waals surface area contributed by atoms with Gasteiger partial charge in [-0.15, -0.1) is 0 Å². The first-order valence-corrected chi connectivity index (χ1v) is 7.27. The number of alkyl carbamates (subject to hydrolysis) is 1. The number of methoxy groups -OCH3 is 1. The number of nitrogens with one attached hydrogen (secondary N) is 2. The Hall–Kier alpha value is -2.51.